The monoisotopic (exact) mass is 395 g/mol. The number of thioether (sulfide) groups is 1. The van der Waals surface area contributed by atoms with Crippen LogP contribution in [-0.2, 0) is 6.61 Å². The van der Waals surface area contributed by atoms with Crippen LogP contribution >= 0.6 is 23.1 Å². The minimum atomic E-state index is 0.396. The first-order chi connectivity index (χ1) is 13.3. The molecule has 134 valence electrons. The standard InChI is InChI=1S/C18H13N5O2S2/c1-26-18-22-23-14(9-20-17(23)27-18)16-21-13-6-5-12(8-15(13)25-16)24-10-11-4-2-3-7-19-11/h2-9H,10H2,1H3. The fraction of sp³-hybridized carbons (Fsp3) is 0.111. The van der Waals surface area contributed by atoms with Crippen LogP contribution < -0.4 is 4.74 Å². The Labute approximate surface area is 162 Å². The summed E-state index contributed by atoms with van der Waals surface area (Å²) in [4.78, 5) is 14.0. The third-order valence-electron chi connectivity index (χ3n) is 3.93. The zero-order chi connectivity index (χ0) is 18.2. The van der Waals surface area contributed by atoms with Gasteiger partial charge in [-0.1, -0.05) is 29.2 Å². The summed E-state index contributed by atoms with van der Waals surface area (Å²) in [5.74, 6) is 1.19. The molecular weight excluding hydrogens is 382 g/mol. The van der Waals surface area contributed by atoms with Gasteiger partial charge in [0.15, 0.2) is 9.92 Å². The topological polar surface area (TPSA) is 78.3 Å². The normalized spacial score (nSPS) is 11.4. The van der Waals surface area contributed by atoms with E-state index in [9.17, 15) is 0 Å². The molecule has 0 bridgehead atoms. The Morgan fingerprint density at radius 2 is 2.19 bits per heavy atom. The van der Waals surface area contributed by atoms with Crippen LogP contribution in [0.5, 0.6) is 5.75 Å². The van der Waals surface area contributed by atoms with Crippen molar-refractivity contribution in [3.05, 3.63) is 54.5 Å². The van der Waals surface area contributed by atoms with Crippen LogP contribution in [0, 0.1) is 0 Å². The van der Waals surface area contributed by atoms with Crippen LogP contribution in [0.2, 0.25) is 0 Å². The van der Waals surface area contributed by atoms with E-state index in [4.69, 9.17) is 9.15 Å². The van der Waals surface area contributed by atoms with Gasteiger partial charge in [0.25, 0.3) is 0 Å². The summed E-state index contributed by atoms with van der Waals surface area (Å²) in [6.07, 6.45) is 5.47. The van der Waals surface area contributed by atoms with E-state index in [0.717, 1.165) is 26.2 Å². The predicted octanol–water partition coefficient (Wildman–Crippen LogP) is 4.29. The van der Waals surface area contributed by atoms with Gasteiger partial charge in [0, 0.05) is 12.3 Å². The van der Waals surface area contributed by atoms with E-state index < -0.39 is 0 Å². The number of hydrogen-bond acceptors (Lipinski definition) is 8. The number of ether oxygens (including phenoxy) is 1. The van der Waals surface area contributed by atoms with Crippen molar-refractivity contribution in [2.75, 3.05) is 6.26 Å². The van der Waals surface area contributed by atoms with Gasteiger partial charge in [-0.25, -0.2) is 9.97 Å². The van der Waals surface area contributed by atoms with E-state index in [1.807, 2.05) is 42.7 Å². The number of hydrogen-bond donors (Lipinski definition) is 0. The molecule has 0 saturated heterocycles. The molecule has 27 heavy (non-hydrogen) atoms. The Hall–Kier alpha value is -2.91. The van der Waals surface area contributed by atoms with Crippen LogP contribution in [0.1, 0.15) is 5.69 Å². The van der Waals surface area contributed by atoms with Gasteiger partial charge in [-0.15, -0.1) is 5.10 Å². The van der Waals surface area contributed by atoms with Gasteiger partial charge in [-0.05, 0) is 30.5 Å². The third-order valence-corrected chi connectivity index (χ3v) is 5.83. The summed E-state index contributed by atoms with van der Waals surface area (Å²) >= 11 is 3.12. The van der Waals surface area contributed by atoms with Crippen molar-refractivity contribution in [1.82, 2.24) is 24.6 Å². The number of benzene rings is 1. The summed E-state index contributed by atoms with van der Waals surface area (Å²) < 4.78 is 14.5. The SMILES string of the molecule is CSc1nn2c(-c3nc4ccc(OCc5ccccn5)cc4o3)cnc2s1. The van der Waals surface area contributed by atoms with Crippen LogP contribution in [-0.4, -0.2) is 30.8 Å². The summed E-state index contributed by atoms with van der Waals surface area (Å²) in [7, 11) is 0. The van der Waals surface area contributed by atoms with Crippen molar-refractivity contribution < 1.29 is 9.15 Å². The molecule has 0 radical (unpaired) electrons. The molecule has 0 aliphatic heterocycles. The van der Waals surface area contributed by atoms with E-state index in [-0.39, 0.29) is 0 Å². The molecule has 0 unspecified atom stereocenters. The molecule has 0 aliphatic carbocycles. The predicted molar refractivity (Wildman–Crippen MR) is 104 cm³/mol. The lowest BCUT2D eigenvalue weighted by atomic mass is 10.3. The second-order valence-corrected chi connectivity index (χ2v) is 7.68. The second kappa shape index (κ2) is 6.67. The highest BCUT2D eigenvalue weighted by atomic mass is 32.2. The number of aromatic nitrogens is 5. The van der Waals surface area contributed by atoms with E-state index >= 15 is 0 Å². The van der Waals surface area contributed by atoms with Crippen LogP contribution in [0.15, 0.2) is 57.5 Å². The Morgan fingerprint density at radius 1 is 1.22 bits per heavy atom. The third kappa shape index (κ3) is 3.04. The first-order valence-corrected chi connectivity index (χ1v) is 10.2. The Balaban J connectivity index is 1.45. The van der Waals surface area contributed by atoms with Crippen LogP contribution in [0.25, 0.3) is 27.6 Å². The summed E-state index contributed by atoms with van der Waals surface area (Å²) in [5.41, 5.74) is 3.00. The smallest absolute Gasteiger partial charge is 0.248 e. The van der Waals surface area contributed by atoms with Gasteiger partial charge >= 0.3 is 0 Å². The number of rotatable bonds is 5. The molecule has 9 heteroatoms. The molecule has 4 aromatic heterocycles. The average Bonchev–Trinajstić information content (AvgIpc) is 3.39. The lowest BCUT2D eigenvalue weighted by molar-refractivity contribution is 0.301. The molecule has 4 heterocycles. The molecule has 0 aliphatic rings. The molecule has 0 atom stereocenters. The number of pyridine rings is 1. The zero-order valence-electron chi connectivity index (χ0n) is 14.2. The first-order valence-electron chi connectivity index (χ1n) is 8.12. The largest absolute Gasteiger partial charge is 0.487 e. The van der Waals surface area contributed by atoms with Crippen LogP contribution in [0.3, 0.4) is 0 Å². The highest BCUT2D eigenvalue weighted by Crippen LogP contribution is 2.30. The quantitative estimate of drug-likeness (QED) is 0.411. The lowest BCUT2D eigenvalue weighted by Crippen LogP contribution is -1.97. The van der Waals surface area contributed by atoms with Gasteiger partial charge in [-0.3, -0.25) is 4.98 Å². The fourth-order valence-corrected chi connectivity index (χ4v) is 3.98. The van der Waals surface area contributed by atoms with Crippen molar-refractivity contribution in [3.63, 3.8) is 0 Å². The molecule has 0 amide bonds. The molecular formula is C18H13N5O2S2. The van der Waals surface area contributed by atoms with Gasteiger partial charge in [0.2, 0.25) is 10.9 Å². The van der Waals surface area contributed by atoms with Crippen molar-refractivity contribution in [3.8, 4) is 17.3 Å². The second-order valence-electron chi connectivity index (χ2n) is 5.67. The fourth-order valence-electron chi connectivity index (χ4n) is 2.65. The molecule has 0 spiro atoms. The molecule has 7 nitrogen and oxygen atoms in total. The van der Waals surface area contributed by atoms with Crippen molar-refractivity contribution in [2.24, 2.45) is 0 Å². The minimum absolute atomic E-state index is 0.396. The average molecular weight is 395 g/mol. The summed E-state index contributed by atoms with van der Waals surface area (Å²) in [6.45, 7) is 0.396. The Kier molecular flexibility index (Phi) is 4.02. The zero-order valence-corrected chi connectivity index (χ0v) is 15.8. The Morgan fingerprint density at radius 3 is 3.04 bits per heavy atom. The van der Waals surface area contributed by atoms with Gasteiger partial charge in [0.1, 0.15) is 23.6 Å². The molecule has 5 aromatic rings. The molecule has 5 rings (SSSR count). The lowest BCUT2D eigenvalue weighted by Gasteiger charge is -2.04. The maximum atomic E-state index is 5.95. The maximum absolute atomic E-state index is 5.95. The molecule has 0 saturated carbocycles. The first kappa shape index (κ1) is 16.3. The van der Waals surface area contributed by atoms with Gasteiger partial charge < -0.3 is 9.15 Å². The number of nitrogens with zero attached hydrogens (tertiary/aromatic N) is 5. The van der Waals surface area contributed by atoms with Gasteiger partial charge in [0.05, 0.1) is 11.9 Å². The van der Waals surface area contributed by atoms with Crippen molar-refractivity contribution in [1.29, 1.82) is 0 Å². The van der Waals surface area contributed by atoms with E-state index in [1.54, 1.807) is 28.7 Å². The molecule has 1 aromatic carbocycles. The van der Waals surface area contributed by atoms with E-state index in [0.29, 0.717) is 23.8 Å². The number of fused-ring (bicyclic) bond motifs is 2. The molecule has 0 N–H and O–H groups in total. The number of oxazole rings is 1. The molecule has 0 fully saturated rings. The highest BCUT2D eigenvalue weighted by Gasteiger charge is 2.16. The van der Waals surface area contributed by atoms with Crippen molar-refractivity contribution in [2.45, 2.75) is 10.9 Å². The van der Waals surface area contributed by atoms with Gasteiger partial charge in [-0.2, -0.15) is 4.52 Å². The summed E-state index contributed by atoms with van der Waals surface area (Å²) in [6, 6.07) is 11.3. The number of imidazole rings is 1. The van der Waals surface area contributed by atoms with Crippen LogP contribution in [0.4, 0.5) is 0 Å². The Bertz CT molecular complexity index is 1230. The summed E-state index contributed by atoms with van der Waals surface area (Å²) in [5, 5.41) is 4.52. The van der Waals surface area contributed by atoms with E-state index in [2.05, 4.69) is 20.1 Å². The maximum Gasteiger partial charge on any atom is 0.248 e. The van der Waals surface area contributed by atoms with E-state index in [1.165, 1.54) is 11.3 Å². The minimum Gasteiger partial charge on any atom is -0.487 e. The van der Waals surface area contributed by atoms with Crippen molar-refractivity contribution >= 4 is 39.2 Å². The highest BCUT2D eigenvalue weighted by molar-refractivity contribution is 8.00.